The van der Waals surface area contributed by atoms with Crippen molar-refractivity contribution in [3.8, 4) is 0 Å². The third kappa shape index (κ3) is 6.78. The van der Waals surface area contributed by atoms with Crippen molar-refractivity contribution in [3.05, 3.63) is 0 Å². The van der Waals surface area contributed by atoms with Gasteiger partial charge in [0.15, 0.2) is 0 Å². The highest BCUT2D eigenvalue weighted by molar-refractivity contribution is 7.98. The number of urea groups is 1. The van der Waals surface area contributed by atoms with Crippen LogP contribution < -0.4 is 10.6 Å². The molecule has 0 aromatic heterocycles. The van der Waals surface area contributed by atoms with E-state index in [1.807, 2.05) is 6.26 Å². The lowest BCUT2D eigenvalue weighted by Crippen LogP contribution is -2.50. The Morgan fingerprint density at radius 2 is 2.05 bits per heavy atom. The van der Waals surface area contributed by atoms with Gasteiger partial charge in [-0.05, 0) is 32.4 Å². The Morgan fingerprint density at radius 1 is 1.38 bits per heavy atom. The monoisotopic (exact) mass is 328 g/mol. The van der Waals surface area contributed by atoms with E-state index in [9.17, 15) is 23.1 Å². The molecule has 0 aliphatic heterocycles. The fourth-order valence-corrected chi connectivity index (χ4v) is 3.21. The van der Waals surface area contributed by atoms with Crippen LogP contribution in [0.2, 0.25) is 0 Å². The van der Waals surface area contributed by atoms with Gasteiger partial charge in [0.25, 0.3) is 0 Å². The number of aliphatic hydroxyl groups is 1. The lowest BCUT2D eigenvalue weighted by Gasteiger charge is -2.31. The molecule has 0 saturated heterocycles. The molecule has 0 radical (unpaired) electrons. The lowest BCUT2D eigenvalue weighted by molar-refractivity contribution is -0.183. The Morgan fingerprint density at radius 3 is 2.62 bits per heavy atom. The van der Waals surface area contributed by atoms with Crippen LogP contribution in [0.5, 0.6) is 0 Å². The van der Waals surface area contributed by atoms with Crippen molar-refractivity contribution in [2.24, 2.45) is 5.92 Å². The predicted molar refractivity (Wildman–Crippen MR) is 77.3 cm³/mol. The second-order valence-electron chi connectivity index (χ2n) is 5.86. The number of thioether (sulfide) groups is 1. The third-order valence-corrected chi connectivity index (χ3v) is 4.47. The molecule has 3 atom stereocenters. The maximum absolute atomic E-state index is 12.7. The summed E-state index contributed by atoms with van der Waals surface area (Å²) in [7, 11) is 0. The first-order chi connectivity index (χ1) is 9.64. The third-order valence-electron chi connectivity index (χ3n) is 3.56. The number of carbonyl (C=O) groups is 1. The molecule has 124 valence electrons. The average molecular weight is 328 g/mol. The molecule has 0 bridgehead atoms. The number of halogens is 3. The Balaban J connectivity index is 2.37. The molecule has 0 aromatic rings. The number of amides is 2. The summed E-state index contributed by atoms with van der Waals surface area (Å²) in [5, 5.41) is 15.0. The quantitative estimate of drug-likeness (QED) is 0.727. The average Bonchev–Trinajstić information content (AvgIpc) is 2.36. The largest absolute Gasteiger partial charge is 0.391 e. The summed E-state index contributed by atoms with van der Waals surface area (Å²) in [5.41, 5.74) is -1.03. The summed E-state index contributed by atoms with van der Waals surface area (Å²) in [6.07, 6.45) is -1.28. The molecule has 3 N–H and O–H groups in total. The first-order valence-electron chi connectivity index (χ1n) is 6.96. The van der Waals surface area contributed by atoms with Crippen LogP contribution in [-0.2, 0) is 0 Å². The summed E-state index contributed by atoms with van der Waals surface area (Å²) in [4.78, 5) is 11.7. The summed E-state index contributed by atoms with van der Waals surface area (Å²) < 4.78 is 38.0. The highest BCUT2D eigenvalue weighted by Crippen LogP contribution is 2.37. The molecule has 1 aliphatic rings. The molecule has 1 aliphatic carbocycles. The van der Waals surface area contributed by atoms with Crippen molar-refractivity contribution in [3.63, 3.8) is 0 Å². The topological polar surface area (TPSA) is 61.4 Å². The van der Waals surface area contributed by atoms with E-state index in [0.717, 1.165) is 0 Å². The zero-order valence-electron chi connectivity index (χ0n) is 12.3. The van der Waals surface area contributed by atoms with Crippen molar-refractivity contribution < 1.29 is 23.1 Å². The van der Waals surface area contributed by atoms with E-state index in [1.165, 1.54) is 11.8 Å². The molecular formula is C13H23F3N2O2S. The molecular weight excluding hydrogens is 305 g/mol. The lowest BCUT2D eigenvalue weighted by atomic mass is 9.85. The SMILES string of the molecule is CSCC(C)(O)CNC(=O)NC1CCCC(C(F)(F)F)C1. The van der Waals surface area contributed by atoms with Crippen molar-refractivity contribution in [2.45, 2.75) is 50.4 Å². The molecule has 3 unspecified atom stereocenters. The van der Waals surface area contributed by atoms with Gasteiger partial charge in [0, 0.05) is 18.3 Å². The van der Waals surface area contributed by atoms with Crippen LogP contribution in [0.4, 0.5) is 18.0 Å². The van der Waals surface area contributed by atoms with Gasteiger partial charge < -0.3 is 15.7 Å². The number of carbonyl (C=O) groups excluding carboxylic acids is 1. The zero-order chi connectivity index (χ0) is 16.1. The maximum atomic E-state index is 12.7. The number of hydrogen-bond donors (Lipinski definition) is 3. The summed E-state index contributed by atoms with van der Waals surface area (Å²) in [5.74, 6) is -0.872. The fraction of sp³-hybridized carbons (Fsp3) is 0.923. The van der Waals surface area contributed by atoms with E-state index in [4.69, 9.17) is 0 Å². The first-order valence-corrected chi connectivity index (χ1v) is 8.36. The molecule has 2 amide bonds. The van der Waals surface area contributed by atoms with E-state index in [2.05, 4.69) is 10.6 Å². The van der Waals surface area contributed by atoms with Gasteiger partial charge in [-0.25, -0.2) is 4.79 Å². The smallest absolute Gasteiger partial charge is 0.387 e. The van der Waals surface area contributed by atoms with Crippen molar-refractivity contribution >= 4 is 17.8 Å². The van der Waals surface area contributed by atoms with Gasteiger partial charge >= 0.3 is 12.2 Å². The minimum Gasteiger partial charge on any atom is -0.387 e. The van der Waals surface area contributed by atoms with Crippen molar-refractivity contribution in [1.82, 2.24) is 10.6 Å². The first kappa shape index (κ1) is 18.4. The predicted octanol–water partition coefficient (Wildman–Crippen LogP) is 2.52. The van der Waals surface area contributed by atoms with Crippen LogP contribution in [0.15, 0.2) is 0 Å². The molecule has 0 heterocycles. The summed E-state index contributed by atoms with van der Waals surface area (Å²) in [6.45, 7) is 1.67. The molecule has 8 heteroatoms. The van der Waals surface area contributed by atoms with Crippen LogP contribution in [0.1, 0.15) is 32.6 Å². The van der Waals surface area contributed by atoms with E-state index in [0.29, 0.717) is 18.6 Å². The molecule has 4 nitrogen and oxygen atoms in total. The molecule has 1 fully saturated rings. The van der Waals surface area contributed by atoms with Gasteiger partial charge in [-0.3, -0.25) is 0 Å². The van der Waals surface area contributed by atoms with Gasteiger partial charge in [0.05, 0.1) is 11.5 Å². The number of nitrogens with one attached hydrogen (secondary N) is 2. The minimum atomic E-state index is -4.20. The molecule has 0 aromatic carbocycles. The molecule has 21 heavy (non-hydrogen) atoms. The van der Waals surface area contributed by atoms with Crippen LogP contribution in [-0.4, -0.2) is 47.5 Å². The molecule has 1 saturated carbocycles. The maximum Gasteiger partial charge on any atom is 0.391 e. The minimum absolute atomic E-state index is 0.0646. The zero-order valence-corrected chi connectivity index (χ0v) is 13.1. The second kappa shape index (κ2) is 7.58. The molecule has 1 rings (SSSR count). The van der Waals surface area contributed by atoms with E-state index in [-0.39, 0.29) is 19.4 Å². The van der Waals surface area contributed by atoms with Crippen LogP contribution >= 0.6 is 11.8 Å². The Bertz CT molecular complexity index is 351. The number of hydrogen-bond acceptors (Lipinski definition) is 3. The van der Waals surface area contributed by atoms with Crippen LogP contribution in [0.25, 0.3) is 0 Å². The van der Waals surface area contributed by atoms with E-state index >= 15 is 0 Å². The van der Waals surface area contributed by atoms with Gasteiger partial charge in [-0.15, -0.1) is 0 Å². The number of alkyl halides is 3. The van der Waals surface area contributed by atoms with Gasteiger partial charge in [-0.2, -0.15) is 24.9 Å². The fourth-order valence-electron chi connectivity index (χ4n) is 2.49. The van der Waals surface area contributed by atoms with Crippen molar-refractivity contribution in [1.29, 1.82) is 0 Å². The van der Waals surface area contributed by atoms with Crippen LogP contribution in [0.3, 0.4) is 0 Å². The van der Waals surface area contributed by atoms with E-state index < -0.39 is 29.8 Å². The van der Waals surface area contributed by atoms with E-state index in [1.54, 1.807) is 6.92 Å². The second-order valence-corrected chi connectivity index (χ2v) is 6.73. The van der Waals surface area contributed by atoms with Crippen LogP contribution in [0, 0.1) is 5.92 Å². The van der Waals surface area contributed by atoms with Gasteiger partial charge in [-0.1, -0.05) is 6.42 Å². The van der Waals surface area contributed by atoms with Crippen molar-refractivity contribution in [2.75, 3.05) is 18.6 Å². The standard InChI is InChI=1S/C13H23F3N2O2S/c1-12(20,8-21-2)7-17-11(19)18-10-5-3-4-9(6-10)13(14,15)16/h9-10,20H,3-8H2,1-2H3,(H2,17,18,19). The summed E-state index contributed by atoms with van der Waals surface area (Å²) in [6, 6.07) is -0.986. The van der Waals surface area contributed by atoms with Gasteiger partial charge in [0.1, 0.15) is 0 Å². The molecule has 0 spiro atoms. The highest BCUT2D eigenvalue weighted by atomic mass is 32.2. The summed E-state index contributed by atoms with van der Waals surface area (Å²) >= 11 is 1.45. The Kier molecular flexibility index (Phi) is 6.65. The number of rotatable bonds is 5. The van der Waals surface area contributed by atoms with Gasteiger partial charge in [0.2, 0.25) is 0 Å². The normalized spacial score (nSPS) is 26.0. The Hall–Kier alpha value is -0.630. The Labute approximate surface area is 127 Å². The highest BCUT2D eigenvalue weighted by Gasteiger charge is 2.42.